The minimum absolute atomic E-state index is 0.0243. The largest absolute Gasteiger partial charge is 0.458 e. The van der Waals surface area contributed by atoms with Gasteiger partial charge in [-0.25, -0.2) is 4.79 Å². The molecule has 0 aromatic rings. The predicted octanol–water partition coefficient (Wildman–Crippen LogP) is 3.25. The summed E-state index contributed by atoms with van der Waals surface area (Å²) >= 11 is 0. The maximum Gasteiger partial charge on any atom is 0.331 e. The highest BCUT2D eigenvalue weighted by molar-refractivity contribution is 5.85. The summed E-state index contributed by atoms with van der Waals surface area (Å²) < 4.78 is 42.2. The Bertz CT molecular complexity index is 1370. The second-order valence-corrected chi connectivity index (χ2v) is 18.7. The summed E-state index contributed by atoms with van der Waals surface area (Å²) in [6.45, 7) is 10.4. The number of esters is 1. The van der Waals surface area contributed by atoms with E-state index in [1.165, 1.54) is 0 Å². The van der Waals surface area contributed by atoms with E-state index in [1.807, 2.05) is 6.92 Å². The van der Waals surface area contributed by atoms with Gasteiger partial charge in [0.25, 0.3) is 0 Å². The first-order valence-corrected chi connectivity index (χ1v) is 20.8. The van der Waals surface area contributed by atoms with Gasteiger partial charge in [0, 0.05) is 30.8 Å². The van der Waals surface area contributed by atoms with E-state index in [4.69, 9.17) is 33.2 Å². The Hall–Kier alpha value is -1.23. The van der Waals surface area contributed by atoms with E-state index < -0.39 is 79.4 Å². The monoisotopic (exact) mass is 764 g/mol. The molecule has 0 aromatic heterocycles. The molecule has 54 heavy (non-hydrogen) atoms. The van der Waals surface area contributed by atoms with Crippen molar-refractivity contribution in [2.45, 2.75) is 197 Å². The maximum atomic E-state index is 12.6. The standard InChI is InChI=1S/C41H64O13/c1-20-36(46)29(42)16-34(49-20)53-38-22(3)51-35(18-31(38)44)54-37-21(2)50-33(17-30(37)43)52-25-8-11-39(4)24(15-25)6-7-28-27(39)9-12-40(5)26(10-13-41(28,40)47)23-14-32(45)48-19-23/h14,20-22,24-31,33-38,42-44,46-47H,6-13,15-19H2,1-5H3/t20?,21?,22?,24-,25+,26-,27?,28-,29-,30-,31-,33+,34+,35+,36-,37-,38-,39?,40?,41?/m1/s1. The molecule has 0 spiro atoms. The summed E-state index contributed by atoms with van der Waals surface area (Å²) in [4.78, 5) is 11.9. The molecule has 5 N–H and O–H groups in total. The van der Waals surface area contributed by atoms with E-state index in [0.717, 1.165) is 63.4 Å². The number of cyclic esters (lactones) is 1. The Labute approximate surface area is 319 Å². The third-order valence-corrected chi connectivity index (χ3v) is 15.9. The molecular weight excluding hydrogens is 700 g/mol. The van der Waals surface area contributed by atoms with Crippen molar-refractivity contribution in [3.05, 3.63) is 11.6 Å². The number of aliphatic hydroxyl groups excluding tert-OH is 4. The van der Waals surface area contributed by atoms with Gasteiger partial charge >= 0.3 is 5.97 Å². The topological polar surface area (TPSA) is 183 Å². The number of aliphatic hydroxyl groups is 5. The highest BCUT2D eigenvalue weighted by atomic mass is 16.7. The predicted molar refractivity (Wildman–Crippen MR) is 191 cm³/mol. The minimum atomic E-state index is -0.996. The zero-order valence-corrected chi connectivity index (χ0v) is 32.6. The molecule has 3 saturated heterocycles. The quantitative estimate of drug-likeness (QED) is 0.188. The van der Waals surface area contributed by atoms with Crippen LogP contribution in [0, 0.1) is 34.5 Å². The van der Waals surface area contributed by atoms with Crippen LogP contribution in [0.2, 0.25) is 0 Å². The van der Waals surface area contributed by atoms with Crippen LogP contribution >= 0.6 is 0 Å². The van der Waals surface area contributed by atoms with Crippen molar-refractivity contribution >= 4 is 5.97 Å². The summed E-state index contributed by atoms with van der Waals surface area (Å²) in [6, 6.07) is 0. The molecule has 0 bridgehead atoms. The number of rotatable bonds is 7. The number of fused-ring (bicyclic) bond motifs is 5. The summed E-state index contributed by atoms with van der Waals surface area (Å²) in [5.74, 6) is 1.13. The van der Waals surface area contributed by atoms with Crippen LogP contribution in [0.15, 0.2) is 11.6 Å². The average Bonchev–Trinajstić information content (AvgIpc) is 3.66. The van der Waals surface area contributed by atoms with Gasteiger partial charge in [-0.3, -0.25) is 0 Å². The van der Waals surface area contributed by atoms with Crippen molar-refractivity contribution in [2.24, 2.45) is 34.5 Å². The van der Waals surface area contributed by atoms with Gasteiger partial charge in [0.1, 0.15) is 24.9 Å². The van der Waals surface area contributed by atoms with Crippen LogP contribution in [0.5, 0.6) is 0 Å². The van der Waals surface area contributed by atoms with E-state index in [0.29, 0.717) is 18.4 Å². The first-order chi connectivity index (χ1) is 25.6. The third kappa shape index (κ3) is 6.82. The lowest BCUT2D eigenvalue weighted by Crippen LogP contribution is -2.62. The zero-order chi connectivity index (χ0) is 38.3. The molecule has 4 saturated carbocycles. The van der Waals surface area contributed by atoms with E-state index in [-0.39, 0.29) is 54.0 Å². The Morgan fingerprint density at radius 2 is 1.30 bits per heavy atom. The van der Waals surface area contributed by atoms with Crippen LogP contribution in [-0.2, 0) is 38.0 Å². The normalized spacial score (nSPS) is 55.0. The molecule has 0 amide bonds. The first kappa shape index (κ1) is 39.6. The number of hydrogen-bond donors (Lipinski definition) is 5. The van der Waals surface area contributed by atoms with Crippen LogP contribution in [0.1, 0.15) is 112 Å². The van der Waals surface area contributed by atoms with Crippen LogP contribution in [-0.4, -0.2) is 124 Å². The Kier molecular flexibility index (Phi) is 10.9. The van der Waals surface area contributed by atoms with Crippen LogP contribution in [0.25, 0.3) is 0 Å². The molecule has 7 fully saturated rings. The first-order valence-electron chi connectivity index (χ1n) is 20.8. The SMILES string of the molecule is CC1O[C@@H](O[C@@H]2C(C)O[C@@H](O[C@@H]3C(C)O[C@@H](O[C@H]4CCC5(C)C6CCC7(C)[C@@H](C8=CC(=O)OC8)CCC7(O)[C@@H]6CC[C@@H]5C4)C[C@H]3O)C[C@H]2O)C[C@@H](O)[C@@H]1O. The lowest BCUT2D eigenvalue weighted by atomic mass is 9.43. The highest BCUT2D eigenvalue weighted by Crippen LogP contribution is 2.70. The van der Waals surface area contributed by atoms with Gasteiger partial charge in [0.15, 0.2) is 18.9 Å². The van der Waals surface area contributed by atoms with Gasteiger partial charge < -0.3 is 58.7 Å². The summed E-state index contributed by atoms with van der Waals surface area (Å²) in [7, 11) is 0. The van der Waals surface area contributed by atoms with Crippen molar-refractivity contribution in [1.82, 2.24) is 0 Å². The number of ether oxygens (including phenoxy) is 7. The van der Waals surface area contributed by atoms with Gasteiger partial charge in [-0.05, 0) is 113 Å². The molecule has 4 aliphatic carbocycles. The van der Waals surface area contributed by atoms with Crippen molar-refractivity contribution in [1.29, 1.82) is 0 Å². The smallest absolute Gasteiger partial charge is 0.331 e. The third-order valence-electron chi connectivity index (χ3n) is 15.9. The molecule has 20 atom stereocenters. The Morgan fingerprint density at radius 3 is 1.89 bits per heavy atom. The Balaban J connectivity index is 0.826. The average molecular weight is 765 g/mol. The molecule has 8 aliphatic rings. The lowest BCUT2D eigenvalue weighted by Gasteiger charge is -2.64. The summed E-state index contributed by atoms with van der Waals surface area (Å²) in [5.41, 5.74) is 0.215. The molecule has 7 unspecified atom stereocenters. The van der Waals surface area contributed by atoms with Gasteiger partial charge in [-0.1, -0.05) is 13.8 Å². The molecular formula is C41H64O13. The van der Waals surface area contributed by atoms with E-state index in [9.17, 15) is 30.3 Å². The molecule has 4 aliphatic heterocycles. The number of carbonyl (C=O) groups excluding carboxylic acids is 1. The molecule has 13 heteroatoms. The van der Waals surface area contributed by atoms with Gasteiger partial charge in [-0.2, -0.15) is 0 Å². The van der Waals surface area contributed by atoms with Gasteiger partial charge in [0.05, 0.1) is 48.3 Å². The number of carbonyl (C=O) groups is 1. The molecule has 306 valence electrons. The fraction of sp³-hybridized carbons (Fsp3) is 0.927. The van der Waals surface area contributed by atoms with Crippen LogP contribution < -0.4 is 0 Å². The second-order valence-electron chi connectivity index (χ2n) is 18.7. The fourth-order valence-electron chi connectivity index (χ4n) is 12.8. The maximum absolute atomic E-state index is 12.6. The zero-order valence-electron chi connectivity index (χ0n) is 32.6. The number of hydrogen-bond acceptors (Lipinski definition) is 13. The fourth-order valence-corrected chi connectivity index (χ4v) is 12.8. The second kappa shape index (κ2) is 14.9. The van der Waals surface area contributed by atoms with Crippen molar-refractivity contribution in [2.75, 3.05) is 6.61 Å². The highest BCUT2D eigenvalue weighted by Gasteiger charge is 2.68. The van der Waals surface area contributed by atoms with Crippen molar-refractivity contribution in [3.8, 4) is 0 Å². The molecule has 8 rings (SSSR count). The van der Waals surface area contributed by atoms with Crippen LogP contribution in [0.3, 0.4) is 0 Å². The van der Waals surface area contributed by atoms with Crippen molar-refractivity contribution < 1.29 is 63.5 Å². The van der Waals surface area contributed by atoms with E-state index >= 15 is 0 Å². The van der Waals surface area contributed by atoms with Gasteiger partial charge in [0.2, 0.25) is 0 Å². The minimum Gasteiger partial charge on any atom is -0.458 e. The molecule has 0 aromatic carbocycles. The van der Waals surface area contributed by atoms with Crippen molar-refractivity contribution in [3.63, 3.8) is 0 Å². The lowest BCUT2D eigenvalue weighted by molar-refractivity contribution is -0.336. The van der Waals surface area contributed by atoms with E-state index in [1.54, 1.807) is 19.9 Å². The van der Waals surface area contributed by atoms with Gasteiger partial charge in [-0.15, -0.1) is 0 Å². The summed E-state index contributed by atoms with van der Waals surface area (Å²) in [5, 5.41) is 55.0. The Morgan fingerprint density at radius 1 is 0.685 bits per heavy atom. The van der Waals surface area contributed by atoms with E-state index in [2.05, 4.69) is 13.8 Å². The molecule has 4 heterocycles. The van der Waals surface area contributed by atoms with Crippen LogP contribution in [0.4, 0.5) is 0 Å². The molecule has 0 radical (unpaired) electrons. The summed E-state index contributed by atoms with van der Waals surface area (Å²) in [6.07, 6.45) is 1.90. The molecule has 13 nitrogen and oxygen atoms in total.